The SMILES string of the molecule is NC(=O)c1nn(CC2CCNCC2)c2c1ccc1cnc(Nc3ccccc3)nc12. The molecule has 1 fully saturated rings. The van der Waals surface area contributed by atoms with Gasteiger partial charge in [0.05, 0.1) is 5.52 Å². The van der Waals surface area contributed by atoms with Crippen molar-refractivity contribution >= 4 is 39.3 Å². The Morgan fingerprint density at radius 3 is 2.73 bits per heavy atom. The summed E-state index contributed by atoms with van der Waals surface area (Å²) in [5, 5.41) is 12.8. The number of amides is 1. The van der Waals surface area contributed by atoms with Crippen LogP contribution in [0.3, 0.4) is 0 Å². The van der Waals surface area contributed by atoms with Gasteiger partial charge in [-0.15, -0.1) is 0 Å². The van der Waals surface area contributed by atoms with Crippen LogP contribution in [0.25, 0.3) is 21.8 Å². The first-order chi connectivity index (χ1) is 14.7. The molecule has 0 spiro atoms. The Kier molecular flexibility index (Phi) is 4.76. The topological polar surface area (TPSA) is 111 Å². The number of rotatable bonds is 5. The van der Waals surface area contributed by atoms with Gasteiger partial charge in [0.2, 0.25) is 5.95 Å². The number of hydrogen-bond donors (Lipinski definition) is 3. The van der Waals surface area contributed by atoms with Crippen LogP contribution in [0.4, 0.5) is 11.6 Å². The lowest BCUT2D eigenvalue weighted by Gasteiger charge is -2.22. The van der Waals surface area contributed by atoms with Crippen LogP contribution >= 0.6 is 0 Å². The summed E-state index contributed by atoms with van der Waals surface area (Å²) in [5.41, 5.74) is 8.42. The van der Waals surface area contributed by atoms with Crippen molar-refractivity contribution in [2.75, 3.05) is 18.4 Å². The Labute approximate surface area is 173 Å². The number of nitrogens with two attached hydrogens (primary N) is 1. The van der Waals surface area contributed by atoms with E-state index in [1.807, 2.05) is 47.1 Å². The van der Waals surface area contributed by atoms with Crippen LogP contribution in [0.2, 0.25) is 0 Å². The molecule has 152 valence electrons. The second kappa shape index (κ2) is 7.72. The zero-order valence-electron chi connectivity index (χ0n) is 16.5. The quantitative estimate of drug-likeness (QED) is 0.474. The molecular weight excluding hydrogens is 378 g/mol. The van der Waals surface area contributed by atoms with Gasteiger partial charge in [0.15, 0.2) is 5.69 Å². The zero-order valence-corrected chi connectivity index (χ0v) is 16.5. The molecule has 1 amide bonds. The van der Waals surface area contributed by atoms with Crippen molar-refractivity contribution in [1.82, 2.24) is 25.1 Å². The minimum absolute atomic E-state index is 0.289. The van der Waals surface area contributed by atoms with E-state index in [0.717, 1.165) is 60.0 Å². The number of nitrogens with one attached hydrogen (secondary N) is 2. The maximum absolute atomic E-state index is 12.1. The molecule has 0 bridgehead atoms. The summed E-state index contributed by atoms with van der Waals surface area (Å²) < 4.78 is 1.91. The number of benzene rings is 2. The monoisotopic (exact) mass is 401 g/mol. The lowest BCUT2D eigenvalue weighted by Crippen LogP contribution is -2.30. The minimum Gasteiger partial charge on any atom is -0.364 e. The number of para-hydroxylation sites is 1. The fourth-order valence-corrected chi connectivity index (χ4v) is 4.09. The van der Waals surface area contributed by atoms with Gasteiger partial charge in [-0.05, 0) is 50.0 Å². The molecule has 0 aliphatic carbocycles. The Morgan fingerprint density at radius 1 is 1.17 bits per heavy atom. The fraction of sp³-hybridized carbons (Fsp3) is 0.273. The Bertz CT molecular complexity index is 1210. The summed E-state index contributed by atoms with van der Waals surface area (Å²) in [6.07, 6.45) is 3.94. The third-order valence-corrected chi connectivity index (χ3v) is 5.61. The molecule has 5 rings (SSSR count). The Balaban J connectivity index is 1.63. The highest BCUT2D eigenvalue weighted by Gasteiger charge is 2.21. The molecular formula is C22H23N7O. The highest BCUT2D eigenvalue weighted by Crippen LogP contribution is 2.29. The Morgan fingerprint density at radius 2 is 1.97 bits per heavy atom. The van der Waals surface area contributed by atoms with Gasteiger partial charge in [0.25, 0.3) is 5.91 Å². The molecule has 8 nitrogen and oxygen atoms in total. The molecule has 3 heterocycles. The van der Waals surface area contributed by atoms with Crippen LogP contribution in [-0.2, 0) is 6.54 Å². The molecule has 1 aliphatic rings. The van der Waals surface area contributed by atoms with Crippen LogP contribution in [0.5, 0.6) is 0 Å². The van der Waals surface area contributed by atoms with E-state index >= 15 is 0 Å². The lowest BCUT2D eigenvalue weighted by molar-refractivity contribution is 0.0996. The first-order valence-corrected chi connectivity index (χ1v) is 10.2. The van der Waals surface area contributed by atoms with Gasteiger partial charge >= 0.3 is 0 Å². The number of anilines is 2. The Hall–Kier alpha value is -3.52. The van der Waals surface area contributed by atoms with E-state index in [1.54, 1.807) is 6.20 Å². The third kappa shape index (κ3) is 3.46. The summed E-state index contributed by atoms with van der Waals surface area (Å²) in [6, 6.07) is 13.6. The van der Waals surface area contributed by atoms with E-state index in [2.05, 4.69) is 20.7 Å². The maximum atomic E-state index is 12.1. The van der Waals surface area contributed by atoms with E-state index < -0.39 is 5.91 Å². The van der Waals surface area contributed by atoms with E-state index in [1.165, 1.54) is 0 Å². The molecule has 0 saturated carbocycles. The summed E-state index contributed by atoms with van der Waals surface area (Å²) in [5.74, 6) is 0.464. The fourth-order valence-electron chi connectivity index (χ4n) is 4.09. The molecule has 2 aromatic heterocycles. The smallest absolute Gasteiger partial charge is 0.269 e. The van der Waals surface area contributed by atoms with Crippen molar-refractivity contribution in [3.05, 3.63) is 54.4 Å². The molecule has 0 atom stereocenters. The third-order valence-electron chi connectivity index (χ3n) is 5.61. The van der Waals surface area contributed by atoms with Crippen molar-refractivity contribution in [3.63, 3.8) is 0 Å². The average Bonchev–Trinajstić information content (AvgIpc) is 3.14. The van der Waals surface area contributed by atoms with Crippen molar-refractivity contribution in [2.45, 2.75) is 19.4 Å². The molecule has 8 heteroatoms. The van der Waals surface area contributed by atoms with Crippen molar-refractivity contribution < 1.29 is 4.79 Å². The lowest BCUT2D eigenvalue weighted by atomic mass is 9.98. The first-order valence-electron chi connectivity index (χ1n) is 10.2. The van der Waals surface area contributed by atoms with E-state index in [0.29, 0.717) is 11.9 Å². The average molecular weight is 401 g/mol. The van der Waals surface area contributed by atoms with Crippen LogP contribution in [-0.4, -0.2) is 38.7 Å². The number of carbonyl (C=O) groups is 1. The molecule has 1 aliphatic heterocycles. The highest BCUT2D eigenvalue weighted by atomic mass is 16.1. The zero-order chi connectivity index (χ0) is 20.5. The number of carbonyl (C=O) groups excluding carboxylic acids is 1. The van der Waals surface area contributed by atoms with Crippen molar-refractivity contribution in [2.24, 2.45) is 11.7 Å². The molecule has 4 N–H and O–H groups in total. The second-order valence-corrected chi connectivity index (χ2v) is 7.67. The molecule has 30 heavy (non-hydrogen) atoms. The van der Waals surface area contributed by atoms with Gasteiger partial charge in [-0.2, -0.15) is 5.10 Å². The van der Waals surface area contributed by atoms with Gasteiger partial charge in [0, 0.05) is 29.2 Å². The summed E-state index contributed by atoms with van der Waals surface area (Å²) in [4.78, 5) is 21.3. The number of piperidine rings is 1. The second-order valence-electron chi connectivity index (χ2n) is 7.67. The molecule has 0 unspecified atom stereocenters. The molecule has 1 saturated heterocycles. The first kappa shape index (κ1) is 18.5. The van der Waals surface area contributed by atoms with Crippen LogP contribution < -0.4 is 16.4 Å². The largest absolute Gasteiger partial charge is 0.364 e. The van der Waals surface area contributed by atoms with Crippen molar-refractivity contribution in [1.29, 1.82) is 0 Å². The van der Waals surface area contributed by atoms with Gasteiger partial charge < -0.3 is 16.4 Å². The van der Waals surface area contributed by atoms with E-state index in [4.69, 9.17) is 10.7 Å². The number of aromatic nitrogens is 4. The van der Waals surface area contributed by atoms with E-state index in [-0.39, 0.29) is 5.69 Å². The summed E-state index contributed by atoms with van der Waals surface area (Å²) in [6.45, 7) is 2.73. The molecule has 4 aromatic rings. The standard InChI is InChI=1S/C22H23N7O/c23-21(30)19-17-7-6-15-12-25-22(26-16-4-2-1-3-5-16)27-18(15)20(17)29(28-19)13-14-8-10-24-11-9-14/h1-7,12,14,24H,8-11,13H2,(H2,23,30)(H,25,26,27). The number of hydrogen-bond acceptors (Lipinski definition) is 6. The highest BCUT2D eigenvalue weighted by molar-refractivity contribution is 6.11. The van der Waals surface area contributed by atoms with Crippen LogP contribution in [0.1, 0.15) is 23.3 Å². The van der Waals surface area contributed by atoms with Gasteiger partial charge in [0.1, 0.15) is 5.52 Å². The van der Waals surface area contributed by atoms with Gasteiger partial charge in [-0.1, -0.05) is 24.3 Å². The molecule has 2 aromatic carbocycles. The normalized spacial score (nSPS) is 14.9. The van der Waals surface area contributed by atoms with Crippen LogP contribution in [0, 0.1) is 5.92 Å². The predicted molar refractivity (Wildman–Crippen MR) is 117 cm³/mol. The number of fused-ring (bicyclic) bond motifs is 3. The summed E-state index contributed by atoms with van der Waals surface area (Å²) >= 11 is 0. The van der Waals surface area contributed by atoms with Crippen LogP contribution in [0.15, 0.2) is 48.7 Å². The predicted octanol–water partition coefficient (Wildman–Crippen LogP) is 2.82. The number of nitrogens with zero attached hydrogens (tertiary/aromatic N) is 4. The van der Waals surface area contributed by atoms with E-state index in [9.17, 15) is 4.79 Å². The maximum Gasteiger partial charge on any atom is 0.269 e. The van der Waals surface area contributed by atoms with Gasteiger partial charge in [-0.3, -0.25) is 9.48 Å². The number of primary amides is 1. The molecule has 0 radical (unpaired) electrons. The summed E-state index contributed by atoms with van der Waals surface area (Å²) in [7, 11) is 0. The van der Waals surface area contributed by atoms with Gasteiger partial charge in [-0.25, -0.2) is 9.97 Å². The minimum atomic E-state index is -0.528. The van der Waals surface area contributed by atoms with Crippen molar-refractivity contribution in [3.8, 4) is 0 Å².